The van der Waals surface area contributed by atoms with E-state index < -0.39 is 0 Å². The molecule has 2 atom stereocenters. The summed E-state index contributed by atoms with van der Waals surface area (Å²) in [6.45, 7) is 6.31. The molecule has 1 rings (SSSR count). The average Bonchev–Trinajstić information content (AvgIpc) is 2.85. The molecule has 6 nitrogen and oxygen atoms in total. The molecule has 1 saturated heterocycles. The zero-order valence-electron chi connectivity index (χ0n) is 16.3. The van der Waals surface area contributed by atoms with Crippen LogP contribution in [0.5, 0.6) is 0 Å². The first-order valence-electron chi connectivity index (χ1n) is 9.57. The van der Waals surface area contributed by atoms with Crippen LogP contribution < -0.4 is 5.73 Å². The molecule has 1 aliphatic rings. The number of likely N-dealkylation sites (tertiary alicyclic amines) is 1. The number of hydrogen-bond donors (Lipinski definition) is 2. The summed E-state index contributed by atoms with van der Waals surface area (Å²) in [4.78, 5) is 38.4. The van der Waals surface area contributed by atoms with Gasteiger partial charge in [0, 0.05) is 24.8 Å². The summed E-state index contributed by atoms with van der Waals surface area (Å²) < 4.78 is 0. The average molecular weight is 400 g/mol. The van der Waals surface area contributed by atoms with Gasteiger partial charge in [-0.3, -0.25) is 19.3 Å². The Hall–Kier alpha value is -0.993. The largest absolute Gasteiger partial charge is 0.330 e. The molecule has 1 fully saturated rings. The fourth-order valence-corrected chi connectivity index (χ4v) is 5.36. The number of nitrogens with two attached hydrogens (primary N) is 1. The van der Waals surface area contributed by atoms with E-state index in [4.69, 9.17) is 11.1 Å². The highest BCUT2D eigenvalue weighted by molar-refractivity contribution is 8.00. The molecule has 148 valence electrons. The summed E-state index contributed by atoms with van der Waals surface area (Å²) in [7, 11) is -0.357. The first kappa shape index (κ1) is 23.0. The molecule has 1 heterocycles. The second-order valence-electron chi connectivity index (χ2n) is 7.19. The molecule has 3 N–H and O–H groups in total. The third kappa shape index (κ3) is 6.96. The number of nitrogens with zero attached hydrogens (tertiary/aromatic N) is 1. The van der Waals surface area contributed by atoms with Crippen LogP contribution >= 0.6 is 11.8 Å². The van der Waals surface area contributed by atoms with Crippen molar-refractivity contribution in [2.24, 2.45) is 17.6 Å². The lowest BCUT2D eigenvalue weighted by Gasteiger charge is -2.23. The monoisotopic (exact) mass is 399 g/mol. The molecular weight excluding hydrogens is 366 g/mol. The van der Waals surface area contributed by atoms with Crippen molar-refractivity contribution in [3.05, 3.63) is 0 Å². The highest BCUT2D eigenvalue weighted by Crippen LogP contribution is 2.27. The molecule has 0 bridgehead atoms. The number of thioether (sulfide) groups is 1. The molecule has 0 aromatic rings. The Labute approximate surface area is 163 Å². The van der Waals surface area contributed by atoms with E-state index in [0.29, 0.717) is 13.0 Å². The number of carbonyl (C=O) groups excluding carboxylic acids is 3. The predicted octanol–water partition coefficient (Wildman–Crippen LogP) is 1.40. The second-order valence-corrected chi connectivity index (χ2v) is 10.9. The molecule has 0 radical (unpaired) electrons. The number of amides is 2. The maximum absolute atomic E-state index is 12.6. The molecular formula is C18H33N3O3SSi. The van der Waals surface area contributed by atoms with Gasteiger partial charge in [-0.2, -0.15) is 0 Å². The van der Waals surface area contributed by atoms with E-state index in [1.165, 1.54) is 16.7 Å². The molecule has 0 spiro atoms. The molecule has 8 heteroatoms. The molecule has 2 unspecified atom stereocenters. The van der Waals surface area contributed by atoms with Crippen LogP contribution in [-0.2, 0) is 14.4 Å². The van der Waals surface area contributed by atoms with E-state index >= 15 is 0 Å². The number of imide groups is 1. The van der Waals surface area contributed by atoms with Crippen molar-refractivity contribution in [2.75, 3.05) is 18.8 Å². The van der Waals surface area contributed by atoms with Gasteiger partial charge in [-0.1, -0.05) is 26.8 Å². The third-order valence-corrected chi connectivity index (χ3v) is 7.34. The SMILES string of the molecule is CC[SiH2]C(=N)CCCSC1CC(=O)N(CC(CCN)C(=O)C(C)C)C1=O. The lowest BCUT2D eigenvalue weighted by molar-refractivity contribution is -0.140. The van der Waals surface area contributed by atoms with Crippen LogP contribution in [0.15, 0.2) is 0 Å². The van der Waals surface area contributed by atoms with E-state index in [1.807, 2.05) is 13.8 Å². The normalized spacial score (nSPS) is 19.1. The standard InChI is InChI=1S/C18H33N3O3SSi/c1-4-26-15(20)6-5-9-25-14-10-16(22)21(18(14)24)11-13(7-8-19)17(23)12(2)3/h12-14,20H,4-11,19,26H2,1-3H3. The zero-order valence-corrected chi connectivity index (χ0v) is 18.5. The number of rotatable bonds is 13. The van der Waals surface area contributed by atoms with Gasteiger partial charge < -0.3 is 11.1 Å². The lowest BCUT2D eigenvalue weighted by atomic mass is 9.92. The molecule has 0 saturated carbocycles. The van der Waals surface area contributed by atoms with E-state index in [0.717, 1.165) is 30.0 Å². The van der Waals surface area contributed by atoms with Gasteiger partial charge in [0.1, 0.15) is 5.78 Å². The van der Waals surface area contributed by atoms with Gasteiger partial charge in [0.25, 0.3) is 0 Å². The maximum atomic E-state index is 12.6. The quantitative estimate of drug-likeness (QED) is 0.211. The third-order valence-electron chi connectivity index (χ3n) is 4.59. The Bertz CT molecular complexity index is 528. The van der Waals surface area contributed by atoms with Crippen molar-refractivity contribution in [1.29, 1.82) is 5.41 Å². The maximum Gasteiger partial charge on any atom is 0.242 e. The highest BCUT2D eigenvalue weighted by atomic mass is 32.2. The van der Waals surface area contributed by atoms with Crippen molar-refractivity contribution in [1.82, 2.24) is 4.90 Å². The highest BCUT2D eigenvalue weighted by Gasteiger charge is 2.40. The fraction of sp³-hybridized carbons (Fsp3) is 0.778. The van der Waals surface area contributed by atoms with Crippen molar-refractivity contribution in [3.8, 4) is 0 Å². The van der Waals surface area contributed by atoms with Crippen LogP contribution in [0.2, 0.25) is 6.04 Å². The summed E-state index contributed by atoms with van der Waals surface area (Å²) in [6.07, 6.45) is 2.41. The Balaban J connectivity index is 2.54. The second kappa shape index (κ2) is 11.7. The van der Waals surface area contributed by atoms with Crippen molar-refractivity contribution in [3.63, 3.8) is 0 Å². The van der Waals surface area contributed by atoms with Gasteiger partial charge >= 0.3 is 0 Å². The van der Waals surface area contributed by atoms with Crippen molar-refractivity contribution < 1.29 is 14.4 Å². The molecule has 26 heavy (non-hydrogen) atoms. The van der Waals surface area contributed by atoms with Crippen LogP contribution in [0.25, 0.3) is 0 Å². The van der Waals surface area contributed by atoms with Crippen LogP contribution in [0.3, 0.4) is 0 Å². The Morgan fingerprint density at radius 1 is 1.42 bits per heavy atom. The van der Waals surface area contributed by atoms with Gasteiger partial charge in [-0.15, -0.1) is 11.8 Å². The van der Waals surface area contributed by atoms with Crippen LogP contribution in [0, 0.1) is 17.2 Å². The van der Waals surface area contributed by atoms with Gasteiger partial charge in [-0.25, -0.2) is 0 Å². The number of Topliss-reactive ketones (excluding diaryl/α,β-unsaturated/α-hetero) is 1. The zero-order chi connectivity index (χ0) is 19.7. The minimum Gasteiger partial charge on any atom is -0.330 e. The Kier molecular flexibility index (Phi) is 10.3. The van der Waals surface area contributed by atoms with Crippen LogP contribution in [0.4, 0.5) is 0 Å². The summed E-state index contributed by atoms with van der Waals surface area (Å²) in [6, 6.07) is 1.12. The van der Waals surface area contributed by atoms with E-state index in [9.17, 15) is 14.4 Å². The number of hydrogen-bond acceptors (Lipinski definition) is 6. The lowest BCUT2D eigenvalue weighted by Crippen LogP contribution is -2.40. The van der Waals surface area contributed by atoms with Crippen LogP contribution in [0.1, 0.15) is 46.5 Å². The smallest absolute Gasteiger partial charge is 0.242 e. The number of carbonyl (C=O) groups is 3. The van der Waals surface area contributed by atoms with E-state index in [2.05, 4.69) is 6.92 Å². The van der Waals surface area contributed by atoms with Gasteiger partial charge in [-0.05, 0) is 36.9 Å². The number of ketones is 1. The first-order chi connectivity index (χ1) is 12.3. The molecule has 0 aromatic heterocycles. The van der Waals surface area contributed by atoms with Gasteiger partial charge in [0.05, 0.1) is 14.8 Å². The predicted molar refractivity (Wildman–Crippen MR) is 111 cm³/mol. The van der Waals surface area contributed by atoms with E-state index in [-0.39, 0.29) is 57.2 Å². The Morgan fingerprint density at radius 3 is 2.69 bits per heavy atom. The molecule has 1 aliphatic heterocycles. The molecule has 0 aliphatic carbocycles. The summed E-state index contributed by atoms with van der Waals surface area (Å²) in [5.41, 5.74) is 5.61. The topological polar surface area (TPSA) is 104 Å². The fourth-order valence-electron chi connectivity index (χ4n) is 3.13. The van der Waals surface area contributed by atoms with Crippen molar-refractivity contribution in [2.45, 2.75) is 57.7 Å². The molecule has 0 aromatic carbocycles. The van der Waals surface area contributed by atoms with Gasteiger partial charge in [0.2, 0.25) is 11.8 Å². The minimum absolute atomic E-state index is 0.0609. The summed E-state index contributed by atoms with van der Waals surface area (Å²) in [5.74, 6) is -0.00275. The first-order valence-corrected chi connectivity index (χ1v) is 12.3. The minimum atomic E-state index is -0.365. The van der Waals surface area contributed by atoms with Gasteiger partial charge in [0.15, 0.2) is 0 Å². The number of nitrogens with one attached hydrogen (secondary N) is 1. The summed E-state index contributed by atoms with van der Waals surface area (Å²) >= 11 is 1.51. The van der Waals surface area contributed by atoms with E-state index in [1.54, 1.807) is 0 Å². The Morgan fingerprint density at radius 2 is 2.12 bits per heavy atom. The summed E-state index contributed by atoms with van der Waals surface area (Å²) in [5, 5.41) is 8.40. The van der Waals surface area contributed by atoms with Crippen molar-refractivity contribution >= 4 is 44.2 Å². The van der Waals surface area contributed by atoms with Crippen LogP contribution in [-0.4, -0.2) is 61.4 Å². The molecule has 2 amide bonds.